The molecule has 5 rings (SSSR count). The van der Waals surface area contributed by atoms with Crippen LogP contribution in [0.5, 0.6) is 23.0 Å². The van der Waals surface area contributed by atoms with Crippen LogP contribution >= 0.6 is 0 Å². The van der Waals surface area contributed by atoms with E-state index in [2.05, 4.69) is 58.0 Å². The van der Waals surface area contributed by atoms with Crippen LogP contribution in [0.4, 0.5) is 0 Å². The number of carbonyl (C=O) groups is 2. The van der Waals surface area contributed by atoms with Crippen LogP contribution in [0.25, 0.3) is 0 Å². The fraction of sp³-hybridized carbons (Fsp3) is 0.409. The lowest BCUT2D eigenvalue weighted by Gasteiger charge is -2.39. The van der Waals surface area contributed by atoms with E-state index >= 15 is 0 Å². The SMILES string of the molecule is CCC(C)(C)Oc1ccc(C2(c3ccc(OC(=O)c4ccc(Oc5ccc(C(=O)C(C)(C)CC)cc5)cc4)c(C)c3)CCCCC2)cc1C. The molecule has 0 radical (unpaired) electrons. The Morgan fingerprint density at radius 3 is 1.65 bits per heavy atom. The van der Waals surface area contributed by atoms with E-state index in [1.165, 1.54) is 30.4 Å². The molecule has 1 aliphatic carbocycles. The van der Waals surface area contributed by atoms with E-state index in [1.54, 1.807) is 48.5 Å². The molecule has 258 valence electrons. The smallest absolute Gasteiger partial charge is 0.343 e. The van der Waals surface area contributed by atoms with Gasteiger partial charge in [-0.2, -0.15) is 0 Å². The van der Waals surface area contributed by atoms with Gasteiger partial charge in [0.25, 0.3) is 0 Å². The van der Waals surface area contributed by atoms with Gasteiger partial charge in [-0.15, -0.1) is 0 Å². The van der Waals surface area contributed by atoms with Gasteiger partial charge < -0.3 is 14.2 Å². The molecule has 0 N–H and O–H groups in total. The second kappa shape index (κ2) is 14.6. The maximum absolute atomic E-state index is 13.2. The first kappa shape index (κ1) is 35.9. The molecule has 0 spiro atoms. The van der Waals surface area contributed by atoms with E-state index in [0.717, 1.165) is 42.6 Å². The molecule has 0 saturated heterocycles. The molecule has 0 bridgehead atoms. The third kappa shape index (κ3) is 8.09. The molecule has 49 heavy (non-hydrogen) atoms. The standard InChI is InChI=1S/C44H52O5/c1-9-42(5,6)40(45)32-14-20-36(21-15-32)47-37-22-16-33(17-23-37)41(46)48-38-24-18-34(28-30(38)3)44(26-12-11-13-27-44)35-19-25-39(31(4)29-35)49-43(7,8)10-2/h14-25,28-29H,9-13,26-27H2,1-8H3. The van der Waals surface area contributed by atoms with Gasteiger partial charge in [0, 0.05) is 16.4 Å². The quantitative estimate of drug-likeness (QED) is 0.0859. The Morgan fingerprint density at radius 2 is 1.16 bits per heavy atom. The maximum Gasteiger partial charge on any atom is 0.343 e. The number of carbonyl (C=O) groups excluding carboxylic acids is 2. The summed E-state index contributed by atoms with van der Waals surface area (Å²) in [6, 6.07) is 27.1. The number of rotatable bonds is 12. The molecule has 0 aliphatic heterocycles. The molecule has 0 atom stereocenters. The van der Waals surface area contributed by atoms with Crippen LogP contribution in [-0.4, -0.2) is 17.4 Å². The number of aryl methyl sites for hydroxylation is 2. The third-order valence-electron chi connectivity index (χ3n) is 10.5. The molecule has 0 unspecified atom stereocenters. The number of benzene rings is 4. The first-order chi connectivity index (χ1) is 23.3. The zero-order chi connectivity index (χ0) is 35.4. The van der Waals surface area contributed by atoms with Gasteiger partial charge in [-0.1, -0.05) is 71.2 Å². The van der Waals surface area contributed by atoms with E-state index in [0.29, 0.717) is 28.4 Å². The van der Waals surface area contributed by atoms with E-state index in [9.17, 15) is 9.59 Å². The van der Waals surface area contributed by atoms with Crippen LogP contribution in [0.15, 0.2) is 84.9 Å². The fourth-order valence-electron chi connectivity index (χ4n) is 6.57. The number of ether oxygens (including phenoxy) is 3. The summed E-state index contributed by atoms with van der Waals surface area (Å²) in [7, 11) is 0. The van der Waals surface area contributed by atoms with Gasteiger partial charge in [0.1, 0.15) is 28.6 Å². The first-order valence-corrected chi connectivity index (χ1v) is 17.8. The maximum atomic E-state index is 13.2. The molecule has 5 heteroatoms. The summed E-state index contributed by atoms with van der Waals surface area (Å²) in [5.74, 6) is 2.40. The lowest BCUT2D eigenvalue weighted by atomic mass is 9.65. The molecule has 4 aromatic rings. The summed E-state index contributed by atoms with van der Waals surface area (Å²) < 4.78 is 18.3. The van der Waals surface area contributed by atoms with Crippen molar-refractivity contribution in [3.8, 4) is 23.0 Å². The highest BCUT2D eigenvalue weighted by Crippen LogP contribution is 2.47. The molecule has 1 aliphatic rings. The van der Waals surface area contributed by atoms with Crippen molar-refractivity contribution < 1.29 is 23.8 Å². The largest absolute Gasteiger partial charge is 0.488 e. The van der Waals surface area contributed by atoms with Gasteiger partial charge in [0.2, 0.25) is 0 Å². The van der Waals surface area contributed by atoms with Crippen molar-refractivity contribution in [1.82, 2.24) is 0 Å². The van der Waals surface area contributed by atoms with Crippen molar-refractivity contribution in [1.29, 1.82) is 0 Å². The summed E-state index contributed by atoms with van der Waals surface area (Å²) in [5.41, 5.74) is 5.07. The zero-order valence-electron chi connectivity index (χ0n) is 30.6. The van der Waals surface area contributed by atoms with Crippen LogP contribution in [0, 0.1) is 19.3 Å². The zero-order valence-corrected chi connectivity index (χ0v) is 30.6. The van der Waals surface area contributed by atoms with Crippen molar-refractivity contribution in [3.63, 3.8) is 0 Å². The van der Waals surface area contributed by atoms with Gasteiger partial charge in [0.15, 0.2) is 5.78 Å². The number of esters is 1. The Labute approximate surface area is 293 Å². The van der Waals surface area contributed by atoms with Gasteiger partial charge >= 0.3 is 5.97 Å². The van der Waals surface area contributed by atoms with E-state index in [1.807, 2.05) is 33.8 Å². The summed E-state index contributed by atoms with van der Waals surface area (Å²) in [5, 5.41) is 0. The first-order valence-electron chi connectivity index (χ1n) is 17.8. The van der Waals surface area contributed by atoms with Crippen molar-refractivity contribution >= 4 is 11.8 Å². The normalized spacial score (nSPS) is 14.6. The Balaban J connectivity index is 1.28. The molecule has 0 aromatic heterocycles. The number of ketones is 1. The number of hydrogen-bond donors (Lipinski definition) is 0. The highest BCUT2D eigenvalue weighted by molar-refractivity contribution is 6.00. The van der Waals surface area contributed by atoms with Crippen LogP contribution in [0.3, 0.4) is 0 Å². The van der Waals surface area contributed by atoms with Gasteiger partial charge in [0.05, 0.1) is 5.56 Å². The number of Topliss-reactive ketones (excluding diaryl/α,β-unsaturated/α-hetero) is 1. The van der Waals surface area contributed by atoms with E-state index in [4.69, 9.17) is 14.2 Å². The van der Waals surface area contributed by atoms with Crippen molar-refractivity contribution in [2.45, 2.75) is 111 Å². The van der Waals surface area contributed by atoms with E-state index in [-0.39, 0.29) is 16.8 Å². The fourth-order valence-corrected chi connectivity index (χ4v) is 6.57. The van der Waals surface area contributed by atoms with Crippen LogP contribution in [-0.2, 0) is 5.41 Å². The minimum absolute atomic E-state index is 0.0904. The molecular formula is C44H52O5. The molecule has 5 nitrogen and oxygen atoms in total. The molecule has 1 fully saturated rings. The Kier molecular flexibility index (Phi) is 10.7. The van der Waals surface area contributed by atoms with Gasteiger partial charge in [-0.05, 0) is 136 Å². The molecular weight excluding hydrogens is 608 g/mol. The molecule has 1 saturated carbocycles. The highest BCUT2D eigenvalue weighted by Gasteiger charge is 2.36. The summed E-state index contributed by atoms with van der Waals surface area (Å²) in [6.45, 7) is 16.5. The molecule has 0 heterocycles. The molecule has 0 amide bonds. The average Bonchev–Trinajstić information content (AvgIpc) is 3.10. The Morgan fingerprint density at radius 1 is 0.653 bits per heavy atom. The Bertz CT molecular complexity index is 1770. The number of hydrogen-bond acceptors (Lipinski definition) is 5. The summed E-state index contributed by atoms with van der Waals surface area (Å²) in [4.78, 5) is 26.0. The predicted molar refractivity (Wildman–Crippen MR) is 198 cm³/mol. The minimum Gasteiger partial charge on any atom is -0.488 e. The van der Waals surface area contributed by atoms with Crippen molar-refractivity contribution in [2.75, 3.05) is 0 Å². The Hall–Kier alpha value is -4.38. The van der Waals surface area contributed by atoms with Crippen LogP contribution < -0.4 is 14.2 Å². The lowest BCUT2D eigenvalue weighted by molar-refractivity contribution is 0.0732. The predicted octanol–water partition coefficient (Wildman–Crippen LogP) is 11.8. The van der Waals surface area contributed by atoms with Crippen molar-refractivity contribution in [3.05, 3.63) is 118 Å². The monoisotopic (exact) mass is 660 g/mol. The molecule has 4 aromatic carbocycles. The third-order valence-corrected chi connectivity index (χ3v) is 10.5. The minimum atomic E-state index is -0.419. The highest BCUT2D eigenvalue weighted by atomic mass is 16.5. The summed E-state index contributed by atoms with van der Waals surface area (Å²) in [6.07, 6.45) is 7.48. The van der Waals surface area contributed by atoms with Crippen molar-refractivity contribution in [2.24, 2.45) is 5.41 Å². The van der Waals surface area contributed by atoms with Gasteiger partial charge in [-0.25, -0.2) is 4.79 Å². The average molecular weight is 661 g/mol. The second-order valence-electron chi connectivity index (χ2n) is 14.9. The van der Waals surface area contributed by atoms with Gasteiger partial charge in [-0.3, -0.25) is 4.79 Å². The second-order valence-corrected chi connectivity index (χ2v) is 14.9. The van der Waals surface area contributed by atoms with E-state index < -0.39 is 11.4 Å². The van der Waals surface area contributed by atoms with Crippen LogP contribution in [0.2, 0.25) is 0 Å². The lowest BCUT2D eigenvalue weighted by Crippen LogP contribution is -2.31. The van der Waals surface area contributed by atoms with Crippen LogP contribution in [0.1, 0.15) is 129 Å². The summed E-state index contributed by atoms with van der Waals surface area (Å²) >= 11 is 0. The topological polar surface area (TPSA) is 61.8 Å².